The van der Waals surface area contributed by atoms with Crippen LogP contribution < -0.4 is 0 Å². The van der Waals surface area contributed by atoms with Crippen molar-refractivity contribution in [3.05, 3.63) is 91.0 Å². The van der Waals surface area contributed by atoms with Crippen molar-refractivity contribution >= 4 is 33.8 Å². The lowest BCUT2D eigenvalue weighted by Crippen LogP contribution is -2.42. The lowest BCUT2D eigenvalue weighted by molar-refractivity contribution is -0.128. The zero-order chi connectivity index (χ0) is 26.9. The number of Topliss-reactive ketones (excluding diaryl/α,β-unsaturated/α-hetero) is 1. The molecule has 2 aliphatic rings. The minimum Gasteiger partial charge on any atom is -0.748 e. The standard InChI is InChI=1S/C18H15O2S2.C10H16O4S/c19-21(20)22(16-10-4-1-5-11-16,17-12-6-2-7-13-17)18-14-8-3-9-15-18;1-9(2)7-3-4-10(9,8(11)5-7)6-15(12,13)14/h1-15H;7H,3-6H2,1-2H3,(H,12,13,14)/q+1;/p-1. The van der Waals surface area contributed by atoms with E-state index >= 15 is 0 Å². The van der Waals surface area contributed by atoms with E-state index in [1.54, 1.807) is 0 Å². The molecule has 3 aromatic rings. The molecule has 0 radical (unpaired) electrons. The highest BCUT2D eigenvalue weighted by Gasteiger charge is 2.64. The Bertz CT molecular complexity index is 1440. The fourth-order valence-corrected chi connectivity index (χ4v) is 12.5. The second-order valence-corrected chi connectivity index (χ2v) is 16.7. The van der Waals surface area contributed by atoms with Gasteiger partial charge in [0.2, 0.25) is 0 Å². The minimum absolute atomic E-state index is 0.0248. The summed E-state index contributed by atoms with van der Waals surface area (Å²) in [6, 6.07) is 28.4. The number of hydrogen-bond donors (Lipinski definition) is 0. The molecule has 0 N–H and O–H groups in total. The maximum Gasteiger partial charge on any atom is 0.369 e. The molecule has 2 unspecified atom stereocenters. The molecule has 5 rings (SSSR count). The molecule has 37 heavy (non-hydrogen) atoms. The van der Waals surface area contributed by atoms with Gasteiger partial charge in [0.1, 0.15) is 20.5 Å². The number of carbonyl (C=O) groups excluding carboxylic acids is 1. The molecule has 2 fully saturated rings. The SMILES string of the molecule is CC1(C)C2CCC1(CS(=O)(=O)[O-])C(=O)C2.O=S(=O)=[S+](c1ccccc1)(c1ccccc1)c1ccccc1. The number of carbonyl (C=O) groups is 1. The van der Waals surface area contributed by atoms with Crippen LogP contribution in [-0.4, -0.2) is 32.9 Å². The second kappa shape index (κ2) is 10.3. The van der Waals surface area contributed by atoms with E-state index in [1.807, 2.05) is 105 Å². The summed E-state index contributed by atoms with van der Waals surface area (Å²) in [5.74, 6) is -0.280. The smallest absolute Gasteiger partial charge is 0.369 e. The van der Waals surface area contributed by atoms with Gasteiger partial charge < -0.3 is 4.55 Å². The van der Waals surface area contributed by atoms with Gasteiger partial charge in [0, 0.05) is 11.8 Å². The van der Waals surface area contributed by atoms with Crippen molar-refractivity contribution in [3.63, 3.8) is 0 Å². The summed E-state index contributed by atoms with van der Waals surface area (Å²) in [5, 5.41) is 0. The average molecular weight is 559 g/mol. The average Bonchev–Trinajstić information content (AvgIpc) is 3.20. The van der Waals surface area contributed by atoms with E-state index in [2.05, 4.69) is 0 Å². The maximum atomic E-state index is 12.5. The van der Waals surface area contributed by atoms with Crippen LogP contribution in [-0.2, 0) is 32.8 Å². The molecular weight excluding hydrogens is 529 g/mol. The molecule has 2 saturated carbocycles. The molecule has 3 aromatic carbocycles. The summed E-state index contributed by atoms with van der Waals surface area (Å²) >= 11 is 0. The highest BCUT2D eigenvalue weighted by Crippen LogP contribution is 2.64. The molecule has 2 atom stereocenters. The summed E-state index contributed by atoms with van der Waals surface area (Å²) < 4.78 is 57.6. The first-order valence-corrected chi connectivity index (χ1v) is 16.8. The molecule has 0 aromatic heterocycles. The van der Waals surface area contributed by atoms with Gasteiger partial charge in [-0.2, -0.15) is 0 Å². The zero-order valence-corrected chi connectivity index (χ0v) is 23.2. The van der Waals surface area contributed by atoms with E-state index in [0.29, 0.717) is 12.8 Å². The van der Waals surface area contributed by atoms with E-state index in [1.165, 1.54) is 0 Å². The van der Waals surface area contributed by atoms with Gasteiger partial charge in [-0.25, -0.2) is 8.42 Å². The van der Waals surface area contributed by atoms with E-state index in [0.717, 1.165) is 21.1 Å². The van der Waals surface area contributed by atoms with Gasteiger partial charge >= 0.3 is 9.26 Å². The van der Waals surface area contributed by atoms with Gasteiger partial charge in [-0.05, 0) is 60.6 Å². The molecule has 196 valence electrons. The van der Waals surface area contributed by atoms with E-state index in [-0.39, 0.29) is 17.1 Å². The van der Waals surface area contributed by atoms with Crippen molar-refractivity contribution in [1.29, 1.82) is 0 Å². The van der Waals surface area contributed by atoms with Crippen molar-refractivity contribution < 1.29 is 26.2 Å². The van der Waals surface area contributed by atoms with Gasteiger partial charge in [0.25, 0.3) is 0 Å². The molecule has 0 spiro atoms. The predicted molar refractivity (Wildman–Crippen MR) is 144 cm³/mol. The van der Waals surface area contributed by atoms with Crippen LogP contribution in [0.25, 0.3) is 0 Å². The van der Waals surface area contributed by atoms with E-state index in [4.69, 9.17) is 0 Å². The van der Waals surface area contributed by atoms with Crippen molar-refractivity contribution in [2.75, 3.05) is 5.75 Å². The summed E-state index contributed by atoms with van der Waals surface area (Å²) in [6.07, 6.45) is 1.88. The first-order chi connectivity index (χ1) is 17.4. The molecule has 6 nitrogen and oxygen atoms in total. The Balaban J connectivity index is 0.000000186. The van der Waals surface area contributed by atoms with Crippen LogP contribution in [0.15, 0.2) is 106 Å². The minimum atomic E-state index is -4.33. The van der Waals surface area contributed by atoms with Gasteiger partial charge in [-0.1, -0.05) is 68.4 Å². The lowest BCUT2D eigenvalue weighted by Gasteiger charge is -2.37. The number of rotatable bonds is 5. The van der Waals surface area contributed by atoms with Crippen LogP contribution >= 0.6 is 0 Å². The van der Waals surface area contributed by atoms with Crippen LogP contribution in [0.3, 0.4) is 0 Å². The third kappa shape index (κ3) is 4.85. The molecule has 0 heterocycles. The third-order valence-electron chi connectivity index (χ3n) is 7.99. The quantitative estimate of drug-likeness (QED) is 0.321. The molecular formula is C28H30O6S3. The van der Waals surface area contributed by atoms with Crippen molar-refractivity contribution in [2.45, 2.75) is 47.8 Å². The van der Waals surface area contributed by atoms with Crippen LogP contribution in [0.1, 0.15) is 33.1 Å². The van der Waals surface area contributed by atoms with Gasteiger partial charge in [0.15, 0.2) is 0 Å². The van der Waals surface area contributed by atoms with Gasteiger partial charge in [0.05, 0.1) is 24.5 Å². The molecule has 0 amide bonds. The van der Waals surface area contributed by atoms with Crippen LogP contribution in [0.2, 0.25) is 0 Å². The summed E-state index contributed by atoms with van der Waals surface area (Å²) in [7, 11) is -8.94. The maximum absolute atomic E-state index is 12.5. The van der Waals surface area contributed by atoms with E-state index in [9.17, 15) is 26.2 Å². The number of hydrogen-bond acceptors (Lipinski definition) is 6. The Morgan fingerprint density at radius 1 is 0.838 bits per heavy atom. The van der Waals surface area contributed by atoms with Crippen molar-refractivity contribution in [2.24, 2.45) is 16.7 Å². The lowest BCUT2D eigenvalue weighted by atomic mass is 9.70. The van der Waals surface area contributed by atoms with Crippen LogP contribution in [0, 0.1) is 16.7 Å². The number of ketones is 1. The summed E-state index contributed by atoms with van der Waals surface area (Å²) in [5.41, 5.74) is -1.22. The Morgan fingerprint density at radius 2 is 1.24 bits per heavy atom. The molecule has 9 heteroatoms. The topological polar surface area (TPSA) is 108 Å². The molecule has 0 aliphatic heterocycles. The van der Waals surface area contributed by atoms with E-state index < -0.39 is 39.1 Å². The highest BCUT2D eigenvalue weighted by molar-refractivity contribution is 8.44. The zero-order valence-electron chi connectivity index (χ0n) is 20.7. The van der Waals surface area contributed by atoms with Gasteiger partial charge in [-0.3, -0.25) is 4.79 Å². The third-order valence-corrected chi connectivity index (χ3v) is 15.0. The fraction of sp³-hybridized carbons (Fsp3) is 0.321. The predicted octanol–water partition coefficient (Wildman–Crippen LogP) is 5.04. The van der Waals surface area contributed by atoms with Crippen LogP contribution in [0.4, 0.5) is 0 Å². The molecule has 0 saturated heterocycles. The summed E-state index contributed by atoms with van der Waals surface area (Å²) in [4.78, 5) is 14.3. The van der Waals surface area contributed by atoms with Crippen molar-refractivity contribution in [3.8, 4) is 0 Å². The Morgan fingerprint density at radius 3 is 1.51 bits per heavy atom. The van der Waals surface area contributed by atoms with Gasteiger partial charge in [-0.15, -0.1) is 8.42 Å². The summed E-state index contributed by atoms with van der Waals surface area (Å²) in [6.45, 7) is 3.83. The first-order valence-electron chi connectivity index (χ1n) is 12.0. The Hall–Kier alpha value is -2.59. The molecule has 2 aliphatic carbocycles. The highest BCUT2D eigenvalue weighted by atomic mass is 32.9. The largest absolute Gasteiger partial charge is 0.748 e. The Labute approximate surface area is 220 Å². The normalized spacial score (nSPS) is 22.2. The second-order valence-electron chi connectivity index (χ2n) is 10.1. The van der Waals surface area contributed by atoms with Crippen molar-refractivity contribution in [1.82, 2.24) is 0 Å². The fourth-order valence-electron chi connectivity index (χ4n) is 5.89. The first kappa shape index (κ1) is 27.4. The monoisotopic (exact) mass is 558 g/mol. The molecule has 2 bridgehead atoms. The Kier molecular flexibility index (Phi) is 7.63. The van der Waals surface area contributed by atoms with Crippen LogP contribution in [0.5, 0.6) is 0 Å². The number of fused-ring (bicyclic) bond motifs is 2. The number of benzene rings is 3.